The molecule has 2 aromatic rings. The standard InChI is InChI=1S/C31H42N4O4S/c1-4-22(5-2)29-30(36)32-28(26-19-23-11-6-7-12-24(23)20-26)31(37)35(29)21-25-13-8-9-14-27(25)40(38,39)34-16-10-15-33(3)17-18-34/h6-9,11-14,22,26,28-29H,4-5,10,15-21H2,1-3H3,(H,32,36)/t28-,29-/m1/s1. The second-order valence-corrected chi connectivity index (χ2v) is 13.5. The van der Waals surface area contributed by atoms with Crippen molar-refractivity contribution in [1.29, 1.82) is 0 Å². The second kappa shape index (κ2) is 12.0. The zero-order chi connectivity index (χ0) is 28.4. The molecule has 1 aliphatic carbocycles. The third-order valence-electron chi connectivity index (χ3n) is 9.11. The lowest BCUT2D eigenvalue weighted by Crippen LogP contribution is -2.66. The van der Waals surface area contributed by atoms with Crippen molar-refractivity contribution in [2.45, 2.75) is 69.5 Å². The van der Waals surface area contributed by atoms with Gasteiger partial charge in [0.05, 0.1) is 4.90 Å². The molecular weight excluding hydrogens is 524 g/mol. The van der Waals surface area contributed by atoms with Crippen LogP contribution in [-0.4, -0.2) is 79.6 Å². The van der Waals surface area contributed by atoms with Crippen LogP contribution in [0.5, 0.6) is 0 Å². The molecule has 0 radical (unpaired) electrons. The van der Waals surface area contributed by atoms with Crippen molar-refractivity contribution < 1.29 is 18.0 Å². The number of piperazine rings is 1. The van der Waals surface area contributed by atoms with E-state index in [0.717, 1.165) is 38.6 Å². The summed E-state index contributed by atoms with van der Waals surface area (Å²) in [6, 6.07) is 13.9. The zero-order valence-corrected chi connectivity index (χ0v) is 24.7. The van der Waals surface area contributed by atoms with Gasteiger partial charge in [-0.15, -0.1) is 0 Å². The number of carbonyl (C=O) groups excluding carboxylic acids is 2. The molecule has 2 heterocycles. The molecule has 2 fully saturated rings. The third-order valence-corrected chi connectivity index (χ3v) is 11.1. The average molecular weight is 567 g/mol. The summed E-state index contributed by atoms with van der Waals surface area (Å²) in [6.45, 7) is 6.60. The van der Waals surface area contributed by atoms with Crippen LogP contribution in [0.15, 0.2) is 53.4 Å². The van der Waals surface area contributed by atoms with Gasteiger partial charge in [-0.3, -0.25) is 9.59 Å². The van der Waals surface area contributed by atoms with Crippen molar-refractivity contribution in [3.05, 3.63) is 65.2 Å². The van der Waals surface area contributed by atoms with Gasteiger partial charge in [0.25, 0.3) is 0 Å². The number of nitrogens with zero attached hydrogens (tertiary/aromatic N) is 3. The molecular formula is C31H42N4O4S. The molecule has 2 amide bonds. The quantitative estimate of drug-likeness (QED) is 0.531. The van der Waals surface area contributed by atoms with E-state index in [1.807, 2.05) is 39.1 Å². The van der Waals surface area contributed by atoms with Crippen LogP contribution in [0.4, 0.5) is 0 Å². The Bertz CT molecular complexity index is 1320. The number of hydrogen-bond acceptors (Lipinski definition) is 5. The summed E-state index contributed by atoms with van der Waals surface area (Å²) in [4.78, 5) is 32.0. The minimum Gasteiger partial charge on any atom is -0.342 e. The Morgan fingerprint density at radius 1 is 0.900 bits per heavy atom. The first-order valence-corrected chi connectivity index (χ1v) is 16.1. The maximum Gasteiger partial charge on any atom is 0.246 e. The van der Waals surface area contributed by atoms with Gasteiger partial charge in [-0.05, 0) is 67.4 Å². The average Bonchev–Trinajstić information content (AvgIpc) is 3.25. The molecule has 2 aliphatic heterocycles. The molecule has 0 spiro atoms. The zero-order valence-electron chi connectivity index (χ0n) is 23.9. The van der Waals surface area contributed by atoms with Crippen LogP contribution in [0.2, 0.25) is 0 Å². The predicted octanol–water partition coefficient (Wildman–Crippen LogP) is 3.06. The highest BCUT2D eigenvalue weighted by atomic mass is 32.2. The highest BCUT2D eigenvalue weighted by Crippen LogP contribution is 2.34. The van der Waals surface area contributed by atoms with E-state index in [2.05, 4.69) is 22.3 Å². The monoisotopic (exact) mass is 566 g/mol. The molecule has 8 nitrogen and oxygen atoms in total. The van der Waals surface area contributed by atoms with E-state index in [9.17, 15) is 18.0 Å². The number of benzene rings is 2. The van der Waals surface area contributed by atoms with Crippen molar-refractivity contribution in [1.82, 2.24) is 19.4 Å². The van der Waals surface area contributed by atoms with Gasteiger partial charge in [-0.2, -0.15) is 4.31 Å². The molecule has 5 rings (SSSR count). The summed E-state index contributed by atoms with van der Waals surface area (Å²) >= 11 is 0. The molecule has 0 aromatic heterocycles. The number of carbonyl (C=O) groups is 2. The van der Waals surface area contributed by atoms with Crippen LogP contribution in [0.3, 0.4) is 0 Å². The molecule has 40 heavy (non-hydrogen) atoms. The molecule has 9 heteroatoms. The lowest BCUT2D eigenvalue weighted by atomic mass is 9.86. The first-order valence-electron chi connectivity index (χ1n) is 14.7. The summed E-state index contributed by atoms with van der Waals surface area (Å²) < 4.78 is 29.4. The van der Waals surface area contributed by atoms with Gasteiger partial charge in [-0.1, -0.05) is 69.2 Å². The molecule has 2 aromatic carbocycles. The molecule has 3 aliphatic rings. The van der Waals surface area contributed by atoms with Crippen LogP contribution >= 0.6 is 0 Å². The number of likely N-dealkylation sites (N-methyl/N-ethyl adjacent to an activating group) is 1. The van der Waals surface area contributed by atoms with Crippen LogP contribution in [-0.2, 0) is 39.0 Å². The van der Waals surface area contributed by atoms with Crippen LogP contribution in [0.1, 0.15) is 49.8 Å². The summed E-state index contributed by atoms with van der Waals surface area (Å²) in [5.41, 5.74) is 3.01. The first kappa shape index (κ1) is 28.8. The minimum atomic E-state index is -3.77. The van der Waals surface area contributed by atoms with E-state index in [-0.39, 0.29) is 35.1 Å². The summed E-state index contributed by atoms with van der Waals surface area (Å²) in [6.07, 6.45) is 3.75. The Hall–Kier alpha value is -2.75. The maximum atomic E-state index is 14.3. The molecule has 2 atom stereocenters. The fourth-order valence-corrected chi connectivity index (χ4v) is 8.44. The van der Waals surface area contributed by atoms with Gasteiger partial charge in [-0.25, -0.2) is 8.42 Å². The molecule has 0 unspecified atom stereocenters. The Labute approximate surface area is 238 Å². The van der Waals surface area contributed by atoms with Crippen LogP contribution < -0.4 is 5.32 Å². The third kappa shape index (κ3) is 5.56. The molecule has 0 bridgehead atoms. The Balaban J connectivity index is 1.47. The van der Waals surface area contributed by atoms with E-state index >= 15 is 0 Å². The van der Waals surface area contributed by atoms with E-state index in [1.54, 1.807) is 27.4 Å². The number of sulfonamides is 1. The summed E-state index contributed by atoms with van der Waals surface area (Å²) in [5, 5.41) is 3.10. The molecule has 216 valence electrons. The Morgan fingerprint density at radius 3 is 2.23 bits per heavy atom. The highest BCUT2D eigenvalue weighted by molar-refractivity contribution is 7.89. The lowest BCUT2D eigenvalue weighted by Gasteiger charge is -2.44. The van der Waals surface area contributed by atoms with Gasteiger partial charge in [0, 0.05) is 26.2 Å². The minimum absolute atomic E-state index is 0.0180. The van der Waals surface area contributed by atoms with Gasteiger partial charge >= 0.3 is 0 Å². The number of nitrogens with one attached hydrogen (secondary N) is 1. The summed E-state index contributed by atoms with van der Waals surface area (Å²) in [7, 11) is -1.76. The number of amides is 2. The van der Waals surface area contributed by atoms with E-state index in [1.165, 1.54) is 11.1 Å². The molecule has 1 N–H and O–H groups in total. The van der Waals surface area contributed by atoms with Crippen molar-refractivity contribution in [3.63, 3.8) is 0 Å². The number of hydrogen-bond donors (Lipinski definition) is 1. The van der Waals surface area contributed by atoms with Crippen LogP contribution in [0.25, 0.3) is 0 Å². The SMILES string of the molecule is CCC(CC)[C@@H]1C(=O)N[C@H](C2Cc3ccccc3C2)C(=O)N1Cc1ccccc1S(=O)(=O)N1CCCN(C)CC1. The Kier molecular flexibility index (Phi) is 8.63. The number of rotatable bonds is 8. The largest absolute Gasteiger partial charge is 0.342 e. The maximum absolute atomic E-state index is 14.3. The van der Waals surface area contributed by atoms with E-state index in [0.29, 0.717) is 25.2 Å². The normalized spacial score (nSPS) is 23.4. The smallest absolute Gasteiger partial charge is 0.246 e. The fraction of sp³-hybridized carbons (Fsp3) is 0.548. The summed E-state index contributed by atoms with van der Waals surface area (Å²) in [5.74, 6) is -0.286. The first-order chi connectivity index (χ1) is 19.2. The highest BCUT2D eigenvalue weighted by Gasteiger charge is 2.47. The predicted molar refractivity (Wildman–Crippen MR) is 155 cm³/mol. The van der Waals surface area contributed by atoms with Gasteiger partial charge < -0.3 is 15.1 Å². The van der Waals surface area contributed by atoms with Gasteiger partial charge in [0.1, 0.15) is 12.1 Å². The fourth-order valence-electron chi connectivity index (χ4n) is 6.76. The lowest BCUT2D eigenvalue weighted by molar-refractivity contribution is -0.154. The van der Waals surface area contributed by atoms with Crippen molar-refractivity contribution in [3.8, 4) is 0 Å². The van der Waals surface area contributed by atoms with Crippen LogP contribution in [0, 0.1) is 11.8 Å². The van der Waals surface area contributed by atoms with Crippen molar-refractivity contribution in [2.24, 2.45) is 11.8 Å². The Morgan fingerprint density at radius 2 is 1.55 bits per heavy atom. The van der Waals surface area contributed by atoms with E-state index in [4.69, 9.17) is 0 Å². The van der Waals surface area contributed by atoms with Gasteiger partial charge in [0.15, 0.2) is 0 Å². The molecule has 0 saturated carbocycles. The molecule has 2 saturated heterocycles. The van der Waals surface area contributed by atoms with E-state index < -0.39 is 22.1 Å². The topological polar surface area (TPSA) is 90.0 Å². The van der Waals surface area contributed by atoms with Crippen molar-refractivity contribution >= 4 is 21.8 Å². The number of fused-ring (bicyclic) bond motifs is 1. The van der Waals surface area contributed by atoms with Gasteiger partial charge in [0.2, 0.25) is 21.8 Å². The van der Waals surface area contributed by atoms with Crippen molar-refractivity contribution in [2.75, 3.05) is 33.2 Å². The second-order valence-electron chi connectivity index (χ2n) is 11.6.